The number of hydrogen-bond acceptors (Lipinski definition) is 3. The molecule has 0 spiro atoms. The molecule has 1 aromatic rings. The van der Waals surface area contributed by atoms with Crippen molar-refractivity contribution in [2.75, 3.05) is 13.6 Å². The van der Waals surface area contributed by atoms with Crippen LogP contribution >= 0.6 is 12.4 Å². The summed E-state index contributed by atoms with van der Waals surface area (Å²) < 4.78 is 5.63. The minimum atomic E-state index is -0.256. The fraction of sp³-hybridized carbons (Fsp3) is 0.550. The predicted octanol–water partition coefficient (Wildman–Crippen LogP) is 4.08. The van der Waals surface area contributed by atoms with Gasteiger partial charge in [-0.2, -0.15) is 0 Å². The van der Waals surface area contributed by atoms with Crippen LogP contribution in [0, 0.1) is 12.3 Å². The summed E-state index contributed by atoms with van der Waals surface area (Å²) in [5, 5.41) is 3.36. The number of rotatable bonds is 4. The Bertz CT molecular complexity index is 635. The van der Waals surface area contributed by atoms with Gasteiger partial charge in [0, 0.05) is 19.1 Å². The highest BCUT2D eigenvalue weighted by atomic mass is 35.5. The number of hydrogen-bond donors (Lipinski definition) is 1. The van der Waals surface area contributed by atoms with E-state index in [0.29, 0.717) is 18.3 Å². The molecule has 0 saturated heterocycles. The van der Waals surface area contributed by atoms with Crippen molar-refractivity contribution in [1.82, 2.24) is 10.2 Å². The van der Waals surface area contributed by atoms with Gasteiger partial charge in [-0.25, -0.2) is 4.79 Å². The van der Waals surface area contributed by atoms with E-state index in [-0.39, 0.29) is 24.5 Å². The monoisotopic (exact) mass is 362 g/mol. The summed E-state index contributed by atoms with van der Waals surface area (Å²) in [5.41, 5.74) is 2.51. The third-order valence-electron chi connectivity index (χ3n) is 5.26. The summed E-state index contributed by atoms with van der Waals surface area (Å²) in [6, 6.07) is 6.52. The molecule has 3 rings (SSSR count). The van der Waals surface area contributed by atoms with E-state index in [1.54, 1.807) is 4.90 Å². The van der Waals surface area contributed by atoms with Crippen LogP contribution in [-0.4, -0.2) is 30.6 Å². The van der Waals surface area contributed by atoms with Crippen molar-refractivity contribution in [2.45, 2.75) is 57.0 Å². The Morgan fingerprint density at radius 2 is 2.08 bits per heavy atom. The van der Waals surface area contributed by atoms with E-state index in [0.717, 1.165) is 25.7 Å². The molecule has 1 aromatic carbocycles. The number of benzene rings is 1. The molecule has 1 saturated carbocycles. The average molecular weight is 363 g/mol. The normalized spacial score (nSPS) is 19.4. The Labute approximate surface area is 156 Å². The van der Waals surface area contributed by atoms with Crippen LogP contribution in [0.15, 0.2) is 18.2 Å². The molecule has 1 amide bonds. The lowest BCUT2D eigenvalue weighted by Crippen LogP contribution is -2.40. The number of nitrogens with one attached hydrogen (secondary N) is 1. The molecule has 1 N–H and O–H groups in total. The van der Waals surface area contributed by atoms with Crippen LogP contribution in [-0.2, 0) is 6.42 Å². The van der Waals surface area contributed by atoms with Crippen molar-refractivity contribution in [3.8, 4) is 18.1 Å². The van der Waals surface area contributed by atoms with Gasteiger partial charge in [0.05, 0.1) is 6.54 Å². The second-order valence-corrected chi connectivity index (χ2v) is 6.81. The Morgan fingerprint density at radius 1 is 1.32 bits per heavy atom. The van der Waals surface area contributed by atoms with Crippen molar-refractivity contribution >= 4 is 18.5 Å². The van der Waals surface area contributed by atoms with Gasteiger partial charge in [-0.1, -0.05) is 31.2 Å². The molecular formula is C20H27ClN2O2. The van der Waals surface area contributed by atoms with Crippen LogP contribution in [0.25, 0.3) is 0 Å². The smallest absolute Gasteiger partial charge is 0.410 e. The van der Waals surface area contributed by atoms with E-state index >= 15 is 0 Å². The molecule has 4 nitrogen and oxygen atoms in total. The van der Waals surface area contributed by atoms with E-state index in [1.165, 1.54) is 30.4 Å². The number of halogens is 1. The highest BCUT2D eigenvalue weighted by molar-refractivity contribution is 5.85. The number of carbonyl (C=O) groups is 1. The molecule has 2 aliphatic rings. The molecular weight excluding hydrogens is 336 g/mol. The lowest BCUT2D eigenvalue weighted by Gasteiger charge is -2.30. The summed E-state index contributed by atoms with van der Waals surface area (Å²) in [7, 11) is 1.85. The molecule has 5 heteroatoms. The van der Waals surface area contributed by atoms with Gasteiger partial charge in [-0.05, 0) is 48.9 Å². The number of ether oxygens (including phenoxy) is 1. The molecule has 25 heavy (non-hydrogen) atoms. The molecule has 0 aromatic heterocycles. The topological polar surface area (TPSA) is 41.6 Å². The van der Waals surface area contributed by atoms with Crippen molar-refractivity contribution in [3.05, 3.63) is 29.3 Å². The van der Waals surface area contributed by atoms with Gasteiger partial charge in [0.15, 0.2) is 0 Å². The molecule has 0 bridgehead atoms. The summed E-state index contributed by atoms with van der Waals surface area (Å²) in [4.78, 5) is 14.2. The summed E-state index contributed by atoms with van der Waals surface area (Å²) >= 11 is 0. The summed E-state index contributed by atoms with van der Waals surface area (Å²) in [5.74, 6) is 3.24. The standard InChI is InChI=1S/C20H26N2O2.ClH/c1-3-13-21-19-12-10-15-9-11-17(14-18(15)19)24-20(23)22(2)16-7-5-4-6-8-16;/h1,9,11,14,16,19,21H,4-8,10,12-13H2,2H3;1H. The van der Waals surface area contributed by atoms with E-state index < -0.39 is 0 Å². The van der Waals surface area contributed by atoms with Crippen LogP contribution < -0.4 is 10.1 Å². The van der Waals surface area contributed by atoms with Crippen molar-refractivity contribution in [3.63, 3.8) is 0 Å². The lowest BCUT2D eigenvalue weighted by atomic mass is 9.95. The van der Waals surface area contributed by atoms with Crippen molar-refractivity contribution in [1.29, 1.82) is 0 Å². The highest BCUT2D eigenvalue weighted by Gasteiger charge is 2.25. The van der Waals surface area contributed by atoms with Crippen molar-refractivity contribution in [2.24, 2.45) is 0 Å². The molecule has 0 radical (unpaired) electrons. The highest BCUT2D eigenvalue weighted by Crippen LogP contribution is 2.34. The number of carbonyl (C=O) groups excluding carboxylic acids is 1. The Hall–Kier alpha value is -1.70. The summed E-state index contributed by atoms with van der Waals surface area (Å²) in [6.45, 7) is 0.554. The quantitative estimate of drug-likeness (QED) is 0.820. The van der Waals surface area contributed by atoms with E-state index in [1.807, 2.05) is 19.2 Å². The zero-order valence-electron chi connectivity index (χ0n) is 14.8. The van der Waals surface area contributed by atoms with Gasteiger partial charge in [-0.15, -0.1) is 18.8 Å². The van der Waals surface area contributed by atoms with E-state index in [9.17, 15) is 4.79 Å². The molecule has 2 aliphatic carbocycles. The predicted molar refractivity (Wildman–Crippen MR) is 102 cm³/mol. The van der Waals surface area contributed by atoms with Gasteiger partial charge in [0.25, 0.3) is 0 Å². The number of fused-ring (bicyclic) bond motifs is 1. The first-order chi connectivity index (χ1) is 11.7. The Balaban J connectivity index is 0.00000225. The van der Waals surface area contributed by atoms with Gasteiger partial charge >= 0.3 is 6.09 Å². The van der Waals surface area contributed by atoms with Crippen LogP contribution in [0.2, 0.25) is 0 Å². The third kappa shape index (κ3) is 4.68. The first-order valence-corrected chi connectivity index (χ1v) is 8.93. The first kappa shape index (κ1) is 19.6. The first-order valence-electron chi connectivity index (χ1n) is 8.93. The second kappa shape index (κ2) is 9.12. The Kier molecular flexibility index (Phi) is 7.16. The maximum atomic E-state index is 12.4. The largest absolute Gasteiger partial charge is 0.415 e. The Morgan fingerprint density at radius 3 is 2.80 bits per heavy atom. The van der Waals surface area contributed by atoms with Crippen LogP contribution in [0.3, 0.4) is 0 Å². The molecule has 1 atom stereocenters. The average Bonchev–Trinajstić information content (AvgIpc) is 3.02. The van der Waals surface area contributed by atoms with E-state index in [4.69, 9.17) is 11.2 Å². The molecule has 1 unspecified atom stereocenters. The van der Waals surface area contributed by atoms with Gasteiger partial charge < -0.3 is 9.64 Å². The van der Waals surface area contributed by atoms with Crippen molar-refractivity contribution < 1.29 is 9.53 Å². The molecule has 0 aliphatic heterocycles. The third-order valence-corrected chi connectivity index (χ3v) is 5.26. The number of aryl methyl sites for hydroxylation is 1. The summed E-state index contributed by atoms with van der Waals surface area (Å²) in [6.07, 6.45) is 13.0. The number of terminal acetylenes is 1. The zero-order chi connectivity index (χ0) is 16.9. The maximum absolute atomic E-state index is 12.4. The second-order valence-electron chi connectivity index (χ2n) is 6.81. The lowest BCUT2D eigenvalue weighted by molar-refractivity contribution is 0.133. The zero-order valence-corrected chi connectivity index (χ0v) is 15.6. The van der Waals surface area contributed by atoms with Gasteiger partial charge in [-0.3, -0.25) is 5.32 Å². The van der Waals surface area contributed by atoms with Gasteiger partial charge in [0.1, 0.15) is 5.75 Å². The van der Waals surface area contributed by atoms with E-state index in [2.05, 4.69) is 17.3 Å². The molecule has 136 valence electrons. The fourth-order valence-electron chi connectivity index (χ4n) is 3.83. The fourth-order valence-corrected chi connectivity index (χ4v) is 3.83. The van der Waals surface area contributed by atoms with Crippen LogP contribution in [0.4, 0.5) is 4.79 Å². The van der Waals surface area contributed by atoms with Gasteiger partial charge in [0.2, 0.25) is 0 Å². The minimum absolute atomic E-state index is 0. The number of amides is 1. The maximum Gasteiger partial charge on any atom is 0.415 e. The molecule has 0 heterocycles. The molecule has 1 fully saturated rings. The van der Waals surface area contributed by atoms with Crippen LogP contribution in [0.5, 0.6) is 5.75 Å². The van der Waals surface area contributed by atoms with Crippen LogP contribution in [0.1, 0.15) is 55.7 Å². The minimum Gasteiger partial charge on any atom is -0.410 e. The SMILES string of the molecule is C#CCNC1CCc2ccc(OC(=O)N(C)C3CCCCC3)cc21.Cl. The number of nitrogens with zero attached hydrogens (tertiary/aromatic N) is 1.